The quantitative estimate of drug-likeness (QED) is 0.777. The third kappa shape index (κ3) is 3.98. The molecule has 0 N–H and O–H groups in total. The molecule has 0 unspecified atom stereocenters. The zero-order valence-corrected chi connectivity index (χ0v) is 10.8. The summed E-state index contributed by atoms with van der Waals surface area (Å²) < 4.78 is 13.7. The molecule has 1 rings (SSSR count). The van der Waals surface area contributed by atoms with E-state index in [1.165, 1.54) is 9.63 Å². The zero-order valence-electron chi connectivity index (χ0n) is 7.51. The maximum absolute atomic E-state index is 12.3. The molecule has 1 aromatic rings. The van der Waals surface area contributed by atoms with Gasteiger partial charge >= 0.3 is 100 Å². The van der Waals surface area contributed by atoms with Crippen molar-refractivity contribution in [2.45, 2.75) is 0 Å². The maximum atomic E-state index is 12.3. The summed E-state index contributed by atoms with van der Waals surface area (Å²) in [6, 6.07) is 8.69. The summed E-state index contributed by atoms with van der Waals surface area (Å²) in [6.45, 7) is -1.07. The van der Waals surface area contributed by atoms with Crippen molar-refractivity contribution in [3.63, 3.8) is 0 Å². The van der Waals surface area contributed by atoms with Gasteiger partial charge in [0, 0.05) is 0 Å². The van der Waals surface area contributed by atoms with Gasteiger partial charge in [-0.1, -0.05) is 0 Å². The van der Waals surface area contributed by atoms with Crippen LogP contribution in [-0.4, -0.2) is 17.3 Å². The Balaban J connectivity index is 3.02. The molecule has 84 valence electrons. The Morgan fingerprint density at radius 3 is 2.47 bits per heavy atom. The Morgan fingerprint density at radius 2 is 2.00 bits per heavy atom. The molecule has 1 aromatic carbocycles. The zero-order chi connectivity index (χ0) is 11.3. The second kappa shape index (κ2) is 6.31. The molecule has 0 saturated heterocycles. The van der Waals surface area contributed by atoms with E-state index in [-0.39, 0.29) is 0 Å². The molecule has 0 aliphatic rings. The number of halogens is 3. The van der Waals surface area contributed by atoms with Crippen LogP contribution in [0.5, 0.6) is 0 Å². The second-order valence-electron chi connectivity index (χ2n) is 2.53. The fourth-order valence-corrected chi connectivity index (χ4v) is 2.63. The van der Waals surface area contributed by atoms with E-state index < -0.39 is 26.1 Å². The van der Waals surface area contributed by atoms with Gasteiger partial charge in [0.25, 0.3) is 0 Å². The number of benzene rings is 1. The van der Waals surface area contributed by atoms with Gasteiger partial charge in [-0.05, 0) is 0 Å². The Bertz CT molecular complexity index is 368. The van der Waals surface area contributed by atoms with Crippen LogP contribution in [0.25, 0.3) is 0 Å². The first-order valence-electron chi connectivity index (χ1n) is 3.91. The molecule has 0 aliphatic heterocycles. The van der Waals surface area contributed by atoms with Crippen molar-refractivity contribution in [2.75, 3.05) is 11.6 Å². The fourth-order valence-electron chi connectivity index (χ4n) is 0.970. The van der Waals surface area contributed by atoms with Gasteiger partial charge in [0.1, 0.15) is 0 Å². The molecule has 0 fully saturated rings. The van der Waals surface area contributed by atoms with Crippen molar-refractivity contribution in [3.8, 4) is 0 Å². The predicted molar refractivity (Wildman–Crippen MR) is 57.7 cm³/mol. The first-order chi connectivity index (χ1) is 7.15. The van der Waals surface area contributed by atoms with E-state index in [2.05, 4.69) is 0 Å². The second-order valence-corrected chi connectivity index (χ2v) is 8.20. The van der Waals surface area contributed by atoms with E-state index in [1.807, 2.05) is 0 Å². The van der Waals surface area contributed by atoms with Crippen LogP contribution in [-0.2, 0) is 18.3 Å². The van der Waals surface area contributed by atoms with E-state index in [0.29, 0.717) is 5.69 Å². The molecule has 15 heavy (non-hydrogen) atoms. The number of nitrogens with zero attached hydrogens (tertiary/aromatic N) is 1. The summed E-state index contributed by atoms with van der Waals surface area (Å²) in [7, 11) is 11.3. The minimum absolute atomic E-state index is 0.570. The van der Waals surface area contributed by atoms with Crippen molar-refractivity contribution in [1.29, 1.82) is 0 Å². The number of carbonyl (C=O) groups is 1. The molecule has 0 saturated carbocycles. The monoisotopic (exact) mass is 337 g/mol. The third-order valence-electron chi connectivity index (χ3n) is 1.58. The molecule has 0 aliphatic carbocycles. The van der Waals surface area contributed by atoms with Crippen molar-refractivity contribution in [2.24, 2.45) is 0 Å². The van der Waals surface area contributed by atoms with Crippen molar-refractivity contribution >= 4 is 35.7 Å². The summed E-state index contributed by atoms with van der Waals surface area (Å²) in [5, 5.41) is 0. The van der Waals surface area contributed by atoms with Gasteiger partial charge in [0.2, 0.25) is 0 Å². The SMILES string of the molecule is O=C(CF)N([CH]=[Ru]([Cl])[Cl])c1ccccc1. The number of anilines is 1. The van der Waals surface area contributed by atoms with E-state index in [9.17, 15) is 9.18 Å². The Morgan fingerprint density at radius 1 is 1.40 bits per heavy atom. The normalized spacial score (nSPS) is 10.7. The Hall–Kier alpha value is -0.307. The molecule has 6 heteroatoms. The van der Waals surface area contributed by atoms with Gasteiger partial charge in [-0.2, -0.15) is 0 Å². The van der Waals surface area contributed by atoms with E-state index >= 15 is 0 Å². The average Bonchev–Trinajstić information content (AvgIpc) is 2.26. The van der Waals surface area contributed by atoms with Gasteiger partial charge in [0.15, 0.2) is 0 Å². The summed E-state index contributed by atoms with van der Waals surface area (Å²) in [5.74, 6) is -0.666. The predicted octanol–water partition coefficient (Wildman–Crippen LogP) is 2.67. The Labute approximate surface area is 100 Å². The molecule has 0 spiro atoms. The summed E-state index contributed by atoms with van der Waals surface area (Å²) in [6.07, 6.45) is 0. The number of rotatable bonds is 3. The van der Waals surface area contributed by atoms with E-state index in [0.717, 1.165) is 0 Å². The van der Waals surface area contributed by atoms with Crippen LogP contribution in [0.4, 0.5) is 10.1 Å². The number of amides is 1. The molecule has 0 aromatic heterocycles. The Kier molecular flexibility index (Phi) is 5.37. The number of para-hydroxylation sites is 1. The van der Waals surface area contributed by atoms with Crippen LogP contribution in [0.1, 0.15) is 0 Å². The number of hydrogen-bond acceptors (Lipinski definition) is 1. The van der Waals surface area contributed by atoms with Crippen LogP contribution in [0.2, 0.25) is 0 Å². The van der Waals surface area contributed by atoms with Crippen LogP contribution in [0, 0.1) is 0 Å². The molecular formula is C9H8Cl2FNORu. The van der Waals surface area contributed by atoms with Crippen molar-refractivity contribution in [1.82, 2.24) is 0 Å². The molecule has 0 atom stereocenters. The van der Waals surface area contributed by atoms with Crippen molar-refractivity contribution < 1.29 is 22.7 Å². The number of carbonyl (C=O) groups excluding carboxylic acids is 1. The van der Waals surface area contributed by atoms with Gasteiger partial charge in [-0.3, -0.25) is 0 Å². The molecule has 0 radical (unpaired) electrons. The first kappa shape index (κ1) is 12.8. The van der Waals surface area contributed by atoms with Gasteiger partial charge in [-0.15, -0.1) is 0 Å². The van der Waals surface area contributed by atoms with Crippen LogP contribution >= 0.6 is 19.4 Å². The molecular weight excluding hydrogens is 329 g/mol. The molecule has 0 bridgehead atoms. The average molecular weight is 337 g/mol. The standard InChI is InChI=1S/C9H8FNO.2ClH.Ru/c1-11(9(12)7-10)8-5-3-2-4-6-8;;;/h1-6H,7H2;2*1H;/q;;;+2/p-2. The fraction of sp³-hybridized carbons (Fsp3) is 0.111. The third-order valence-corrected chi connectivity index (χ3v) is 3.18. The number of hydrogen-bond donors (Lipinski definition) is 0. The van der Waals surface area contributed by atoms with E-state index in [1.54, 1.807) is 30.3 Å². The van der Waals surface area contributed by atoms with Gasteiger partial charge < -0.3 is 0 Å². The molecule has 1 amide bonds. The molecule has 0 heterocycles. The number of alkyl halides is 1. The summed E-state index contributed by atoms with van der Waals surface area (Å²) in [5.41, 5.74) is 0.570. The van der Waals surface area contributed by atoms with Gasteiger partial charge in [0.05, 0.1) is 0 Å². The first-order valence-corrected chi connectivity index (χ1v) is 9.39. The summed E-state index contributed by atoms with van der Waals surface area (Å²) in [4.78, 5) is 12.4. The van der Waals surface area contributed by atoms with Crippen LogP contribution in [0.15, 0.2) is 30.3 Å². The van der Waals surface area contributed by atoms with Gasteiger partial charge in [-0.25, -0.2) is 0 Å². The van der Waals surface area contributed by atoms with E-state index in [4.69, 9.17) is 19.4 Å². The topological polar surface area (TPSA) is 20.3 Å². The summed E-state index contributed by atoms with van der Waals surface area (Å²) >= 11 is -2.15. The van der Waals surface area contributed by atoms with Crippen LogP contribution in [0.3, 0.4) is 0 Å². The molecule has 2 nitrogen and oxygen atoms in total. The van der Waals surface area contributed by atoms with Crippen LogP contribution < -0.4 is 4.90 Å². The minimum atomic E-state index is -2.15. The van der Waals surface area contributed by atoms with Crippen molar-refractivity contribution in [3.05, 3.63) is 30.3 Å².